The largest absolute Gasteiger partial charge is 0.342 e. The summed E-state index contributed by atoms with van der Waals surface area (Å²) in [6.45, 7) is 4.43. The molecule has 19 heavy (non-hydrogen) atoms. The number of fused-ring (bicyclic) bond motifs is 1. The molecule has 1 heterocycles. The fourth-order valence-electron chi connectivity index (χ4n) is 1.96. The van der Waals surface area contributed by atoms with Crippen LogP contribution in [0.25, 0.3) is 11.0 Å². The topological polar surface area (TPSA) is 66.1 Å². The van der Waals surface area contributed by atoms with Crippen LogP contribution in [-0.4, -0.2) is 36.3 Å². The third-order valence-electron chi connectivity index (χ3n) is 3.11. The number of nitrogens with one attached hydrogen (secondary N) is 1. The van der Waals surface area contributed by atoms with Gasteiger partial charge in [-0.3, -0.25) is 0 Å². The van der Waals surface area contributed by atoms with Crippen LogP contribution in [0, 0.1) is 6.92 Å². The van der Waals surface area contributed by atoms with E-state index in [2.05, 4.69) is 9.97 Å². The Morgan fingerprint density at radius 2 is 2.11 bits per heavy atom. The molecule has 0 aliphatic rings. The Kier molecular flexibility index (Phi) is 3.91. The van der Waals surface area contributed by atoms with E-state index in [-0.39, 0.29) is 0 Å². The highest BCUT2D eigenvalue weighted by Gasteiger charge is 2.20. The summed E-state index contributed by atoms with van der Waals surface area (Å²) in [5.74, 6) is 0.781. The number of rotatable bonds is 5. The summed E-state index contributed by atoms with van der Waals surface area (Å²) in [4.78, 5) is 7.63. The zero-order valence-corrected chi connectivity index (χ0v) is 12.3. The number of unbranched alkanes of at least 4 members (excludes halogenated alkanes) is 1. The van der Waals surface area contributed by atoms with Crippen LogP contribution in [0.2, 0.25) is 0 Å². The van der Waals surface area contributed by atoms with Crippen LogP contribution in [0.1, 0.15) is 25.6 Å². The Bertz CT molecular complexity index is 676. The standard InChI is InChI=1S/C13H19N3O2S/c1-4-5-8-16(3)19(17,18)11-6-7-12-13(9-11)15-10(2)14-12/h6-7,9H,4-5,8H2,1-3H3,(H,14,15). The van der Waals surface area contributed by atoms with Crippen LogP contribution < -0.4 is 0 Å². The van der Waals surface area contributed by atoms with Crippen LogP contribution in [0.3, 0.4) is 0 Å². The lowest BCUT2D eigenvalue weighted by Gasteiger charge is -2.16. The van der Waals surface area contributed by atoms with Gasteiger partial charge >= 0.3 is 0 Å². The monoisotopic (exact) mass is 281 g/mol. The number of hydrogen-bond acceptors (Lipinski definition) is 3. The molecule has 0 aliphatic carbocycles. The molecule has 0 fully saturated rings. The minimum absolute atomic E-state index is 0.308. The van der Waals surface area contributed by atoms with Crippen molar-refractivity contribution in [1.29, 1.82) is 0 Å². The van der Waals surface area contributed by atoms with Crippen molar-refractivity contribution in [1.82, 2.24) is 14.3 Å². The number of aromatic nitrogens is 2. The fourth-order valence-corrected chi connectivity index (χ4v) is 3.19. The van der Waals surface area contributed by atoms with Gasteiger partial charge in [-0.1, -0.05) is 13.3 Å². The molecule has 104 valence electrons. The van der Waals surface area contributed by atoms with Crippen molar-refractivity contribution in [3.63, 3.8) is 0 Å². The number of nitrogens with zero attached hydrogens (tertiary/aromatic N) is 2. The van der Waals surface area contributed by atoms with Crippen molar-refractivity contribution in [2.75, 3.05) is 13.6 Å². The zero-order valence-electron chi connectivity index (χ0n) is 11.5. The summed E-state index contributed by atoms with van der Waals surface area (Å²) in [7, 11) is -1.79. The van der Waals surface area contributed by atoms with Crippen molar-refractivity contribution >= 4 is 21.1 Å². The molecule has 6 heteroatoms. The first-order valence-corrected chi connectivity index (χ1v) is 7.82. The Balaban J connectivity index is 2.36. The summed E-state index contributed by atoms with van der Waals surface area (Å²) < 4.78 is 26.2. The van der Waals surface area contributed by atoms with Gasteiger partial charge in [0, 0.05) is 13.6 Å². The summed E-state index contributed by atoms with van der Waals surface area (Å²) in [6.07, 6.45) is 1.83. The molecule has 0 unspecified atom stereocenters. The van der Waals surface area contributed by atoms with Gasteiger partial charge in [-0.05, 0) is 31.5 Å². The second kappa shape index (κ2) is 5.30. The second-order valence-corrected chi connectivity index (χ2v) is 6.73. The maximum Gasteiger partial charge on any atom is 0.242 e. The van der Waals surface area contributed by atoms with Gasteiger partial charge in [0.2, 0.25) is 10.0 Å². The number of H-pyrrole nitrogens is 1. The van der Waals surface area contributed by atoms with E-state index < -0.39 is 10.0 Å². The minimum atomic E-state index is -3.41. The van der Waals surface area contributed by atoms with E-state index >= 15 is 0 Å². The Labute approximate surface area is 113 Å². The van der Waals surface area contributed by atoms with E-state index in [1.807, 2.05) is 13.8 Å². The van der Waals surface area contributed by atoms with Gasteiger partial charge in [-0.15, -0.1) is 0 Å². The molecule has 0 radical (unpaired) electrons. The average molecular weight is 281 g/mol. The van der Waals surface area contributed by atoms with E-state index in [4.69, 9.17) is 0 Å². The summed E-state index contributed by atoms with van der Waals surface area (Å²) >= 11 is 0. The lowest BCUT2D eigenvalue weighted by molar-refractivity contribution is 0.459. The van der Waals surface area contributed by atoms with Crippen molar-refractivity contribution in [2.24, 2.45) is 0 Å². The number of aryl methyl sites for hydroxylation is 1. The third kappa shape index (κ3) is 2.79. The van der Waals surface area contributed by atoms with E-state index in [0.29, 0.717) is 11.4 Å². The maximum absolute atomic E-state index is 12.4. The first kappa shape index (κ1) is 14.0. The summed E-state index contributed by atoms with van der Waals surface area (Å²) in [6, 6.07) is 4.99. The van der Waals surface area contributed by atoms with E-state index in [9.17, 15) is 8.42 Å². The second-order valence-electron chi connectivity index (χ2n) is 4.68. The van der Waals surface area contributed by atoms with E-state index in [1.54, 1.807) is 25.2 Å². The van der Waals surface area contributed by atoms with Gasteiger partial charge in [0.05, 0.1) is 15.9 Å². The molecule has 0 saturated carbocycles. The third-order valence-corrected chi connectivity index (χ3v) is 4.96. The molecule has 0 bridgehead atoms. The van der Waals surface area contributed by atoms with Gasteiger partial charge in [0.25, 0.3) is 0 Å². The molecule has 1 N–H and O–H groups in total. The highest BCUT2D eigenvalue weighted by atomic mass is 32.2. The normalized spacial score (nSPS) is 12.4. The first-order valence-electron chi connectivity index (χ1n) is 6.38. The SMILES string of the molecule is CCCCN(C)S(=O)(=O)c1ccc2nc(C)[nH]c2c1. The number of hydrogen-bond donors (Lipinski definition) is 1. The van der Waals surface area contributed by atoms with Gasteiger partial charge in [-0.25, -0.2) is 17.7 Å². The van der Waals surface area contributed by atoms with Crippen LogP contribution in [0.15, 0.2) is 23.1 Å². The zero-order chi connectivity index (χ0) is 14.0. The molecule has 1 aromatic carbocycles. The predicted octanol–water partition coefficient (Wildman–Crippen LogP) is 2.29. The first-order chi connectivity index (χ1) is 8.95. The maximum atomic E-state index is 12.4. The molecule has 5 nitrogen and oxygen atoms in total. The van der Waals surface area contributed by atoms with Gasteiger partial charge < -0.3 is 4.98 Å². The molecular formula is C13H19N3O2S. The van der Waals surface area contributed by atoms with Crippen LogP contribution >= 0.6 is 0 Å². The quantitative estimate of drug-likeness (QED) is 0.914. The van der Waals surface area contributed by atoms with E-state index in [1.165, 1.54) is 4.31 Å². The average Bonchev–Trinajstić information content (AvgIpc) is 2.74. The predicted molar refractivity (Wildman–Crippen MR) is 75.6 cm³/mol. The van der Waals surface area contributed by atoms with Crippen molar-refractivity contribution < 1.29 is 8.42 Å². The summed E-state index contributed by atoms with van der Waals surface area (Å²) in [5, 5.41) is 0. The Hall–Kier alpha value is -1.40. The molecule has 0 amide bonds. The number of sulfonamides is 1. The van der Waals surface area contributed by atoms with Gasteiger partial charge in [0.15, 0.2) is 0 Å². The Morgan fingerprint density at radius 3 is 2.79 bits per heavy atom. The van der Waals surface area contributed by atoms with Crippen LogP contribution in [0.5, 0.6) is 0 Å². The lowest BCUT2D eigenvalue weighted by Crippen LogP contribution is -2.27. The van der Waals surface area contributed by atoms with Gasteiger partial charge in [0.1, 0.15) is 5.82 Å². The highest BCUT2D eigenvalue weighted by Crippen LogP contribution is 2.20. The van der Waals surface area contributed by atoms with Crippen molar-refractivity contribution in [3.05, 3.63) is 24.0 Å². The van der Waals surface area contributed by atoms with Crippen molar-refractivity contribution in [2.45, 2.75) is 31.6 Å². The highest BCUT2D eigenvalue weighted by molar-refractivity contribution is 7.89. The Morgan fingerprint density at radius 1 is 1.37 bits per heavy atom. The number of aromatic amines is 1. The van der Waals surface area contributed by atoms with Gasteiger partial charge in [-0.2, -0.15) is 0 Å². The number of benzene rings is 1. The molecule has 0 saturated heterocycles. The molecule has 1 aromatic heterocycles. The molecule has 2 rings (SSSR count). The van der Waals surface area contributed by atoms with Crippen LogP contribution in [-0.2, 0) is 10.0 Å². The van der Waals surface area contributed by atoms with Crippen LogP contribution in [0.4, 0.5) is 0 Å². The molecule has 0 spiro atoms. The molecule has 0 atom stereocenters. The molecule has 0 aliphatic heterocycles. The van der Waals surface area contributed by atoms with Crippen molar-refractivity contribution in [3.8, 4) is 0 Å². The molecular weight excluding hydrogens is 262 g/mol. The minimum Gasteiger partial charge on any atom is -0.342 e. The smallest absolute Gasteiger partial charge is 0.242 e. The van der Waals surface area contributed by atoms with E-state index in [0.717, 1.165) is 29.7 Å². The number of imidazole rings is 1. The lowest BCUT2D eigenvalue weighted by atomic mass is 10.3. The summed E-state index contributed by atoms with van der Waals surface area (Å²) in [5.41, 5.74) is 1.54. The molecule has 2 aromatic rings. The fraction of sp³-hybridized carbons (Fsp3) is 0.462.